The van der Waals surface area contributed by atoms with Crippen LogP contribution < -0.4 is 5.32 Å². The largest absolute Gasteiger partial charge is 0.353 e. The minimum atomic E-state index is 0.277. The molecule has 6 atom stereocenters. The predicted molar refractivity (Wildman–Crippen MR) is 118 cm³/mol. The lowest BCUT2D eigenvalue weighted by molar-refractivity contribution is -0.123. The number of rotatable bonds is 3. The lowest BCUT2D eigenvalue weighted by Crippen LogP contribution is -2.51. The molecule has 5 aliphatic rings. The van der Waals surface area contributed by atoms with Crippen LogP contribution in [0.5, 0.6) is 0 Å². The molecule has 0 saturated heterocycles. The Morgan fingerprint density at radius 2 is 1.90 bits per heavy atom. The molecule has 160 valence electrons. The van der Waals surface area contributed by atoms with Gasteiger partial charge in [-0.1, -0.05) is 31.6 Å². The monoisotopic (exact) mass is 405 g/mol. The summed E-state index contributed by atoms with van der Waals surface area (Å²) in [7, 11) is 0. The second-order valence-electron chi connectivity index (χ2n) is 11.2. The maximum atomic E-state index is 12.3. The summed E-state index contributed by atoms with van der Waals surface area (Å²) in [5, 5.41) is 3.37. The van der Waals surface area contributed by atoms with Crippen molar-refractivity contribution in [2.75, 3.05) is 0 Å². The Bertz CT molecular complexity index is 911. The molecule has 3 saturated carbocycles. The molecule has 4 nitrogen and oxygen atoms in total. The van der Waals surface area contributed by atoms with Gasteiger partial charge in [-0.15, -0.1) is 0 Å². The van der Waals surface area contributed by atoms with Crippen molar-refractivity contribution in [1.82, 2.24) is 14.9 Å². The fraction of sp³-hybridized carbons (Fsp3) is 0.692. The third kappa shape index (κ3) is 2.71. The maximum Gasteiger partial charge on any atom is 0.223 e. The van der Waals surface area contributed by atoms with Crippen LogP contribution in [-0.4, -0.2) is 21.5 Å². The normalized spacial score (nSPS) is 42.5. The van der Waals surface area contributed by atoms with Crippen LogP contribution >= 0.6 is 0 Å². The number of nitrogens with zero attached hydrogens (tertiary/aromatic N) is 2. The Balaban J connectivity index is 1.23. The van der Waals surface area contributed by atoms with Crippen molar-refractivity contribution < 1.29 is 4.79 Å². The Morgan fingerprint density at radius 1 is 1.07 bits per heavy atom. The molecule has 30 heavy (non-hydrogen) atoms. The Labute approximate surface area is 180 Å². The van der Waals surface area contributed by atoms with E-state index >= 15 is 0 Å². The number of imidazole rings is 1. The van der Waals surface area contributed by atoms with Crippen molar-refractivity contribution in [2.45, 2.75) is 77.7 Å². The third-order valence-corrected chi connectivity index (χ3v) is 9.72. The maximum absolute atomic E-state index is 12.3. The first-order chi connectivity index (χ1) is 14.5. The van der Waals surface area contributed by atoms with Crippen molar-refractivity contribution in [3.63, 3.8) is 0 Å². The lowest BCUT2D eigenvalue weighted by atomic mass is 9.47. The number of carbonyl (C=O) groups is 1. The lowest BCUT2D eigenvalue weighted by Gasteiger charge is -2.58. The molecule has 5 aliphatic carbocycles. The summed E-state index contributed by atoms with van der Waals surface area (Å²) >= 11 is 0. The van der Waals surface area contributed by atoms with Crippen molar-refractivity contribution in [3.05, 3.63) is 36.4 Å². The molecule has 0 radical (unpaired) electrons. The first-order valence-electron chi connectivity index (χ1n) is 12.2. The molecule has 0 bridgehead atoms. The van der Waals surface area contributed by atoms with Crippen LogP contribution in [0.25, 0.3) is 5.70 Å². The zero-order valence-electron chi connectivity index (χ0n) is 18.4. The number of nitrogens with one attached hydrogen (secondary N) is 1. The van der Waals surface area contributed by atoms with Gasteiger partial charge in [0.05, 0.1) is 6.33 Å². The standard InChI is InChI=1S/C26H35N3O/c1-25-11-9-19(28-24(30)17-3-4-17)15-18(25)5-6-20-21-7-8-23(29-14-13-27-16-29)26(21,2)12-10-22(20)25/h5,8,13-14,16-17,19-22H,3-4,6-7,9-12,15H2,1-2H3,(H,28,30)/t19-,20+,21+,22+,25+,26+/m1/s1. The molecule has 3 fully saturated rings. The Morgan fingerprint density at radius 3 is 2.67 bits per heavy atom. The minimum Gasteiger partial charge on any atom is -0.353 e. The average molecular weight is 406 g/mol. The van der Waals surface area contributed by atoms with E-state index in [9.17, 15) is 4.79 Å². The fourth-order valence-corrected chi connectivity index (χ4v) is 7.80. The molecule has 0 unspecified atom stereocenters. The van der Waals surface area contributed by atoms with Gasteiger partial charge >= 0.3 is 0 Å². The van der Waals surface area contributed by atoms with Gasteiger partial charge in [-0.05, 0) is 81.0 Å². The van der Waals surface area contributed by atoms with Crippen LogP contribution in [0.3, 0.4) is 0 Å². The predicted octanol–water partition coefficient (Wildman–Crippen LogP) is 5.19. The highest BCUT2D eigenvalue weighted by molar-refractivity contribution is 5.81. The van der Waals surface area contributed by atoms with E-state index in [1.165, 1.54) is 37.8 Å². The molecule has 1 heterocycles. The number of hydrogen-bond donors (Lipinski definition) is 1. The molecule has 1 N–H and O–H groups in total. The van der Waals surface area contributed by atoms with Gasteiger partial charge in [-0.25, -0.2) is 4.98 Å². The summed E-state index contributed by atoms with van der Waals surface area (Å²) in [5.41, 5.74) is 3.75. The molecule has 1 amide bonds. The van der Waals surface area contributed by atoms with E-state index in [-0.39, 0.29) is 5.41 Å². The van der Waals surface area contributed by atoms with Crippen LogP contribution in [0.4, 0.5) is 0 Å². The molecule has 1 aromatic heterocycles. The number of amides is 1. The first kappa shape index (κ1) is 18.9. The molecule has 6 rings (SSSR count). The first-order valence-corrected chi connectivity index (χ1v) is 12.2. The van der Waals surface area contributed by atoms with Gasteiger partial charge in [-0.3, -0.25) is 4.79 Å². The summed E-state index contributed by atoms with van der Waals surface area (Å²) < 4.78 is 2.26. The van der Waals surface area contributed by atoms with Gasteiger partial charge in [0, 0.05) is 35.5 Å². The topological polar surface area (TPSA) is 46.9 Å². The van der Waals surface area contributed by atoms with Gasteiger partial charge in [-0.2, -0.15) is 0 Å². The van der Waals surface area contributed by atoms with Crippen LogP contribution in [-0.2, 0) is 4.79 Å². The number of carbonyl (C=O) groups excluding carboxylic acids is 1. The van der Waals surface area contributed by atoms with E-state index < -0.39 is 0 Å². The van der Waals surface area contributed by atoms with Crippen molar-refractivity contribution in [2.24, 2.45) is 34.5 Å². The van der Waals surface area contributed by atoms with E-state index in [2.05, 4.69) is 47.1 Å². The van der Waals surface area contributed by atoms with Crippen molar-refractivity contribution >= 4 is 11.6 Å². The summed E-state index contributed by atoms with van der Waals surface area (Å²) in [5.74, 6) is 2.96. The Kier molecular flexibility index (Phi) is 4.14. The smallest absolute Gasteiger partial charge is 0.223 e. The molecular weight excluding hydrogens is 370 g/mol. The summed E-state index contributed by atoms with van der Waals surface area (Å²) in [6.07, 6.45) is 21.8. The highest BCUT2D eigenvalue weighted by atomic mass is 16.2. The zero-order chi connectivity index (χ0) is 20.5. The van der Waals surface area contributed by atoms with E-state index in [1.807, 2.05) is 12.5 Å². The van der Waals surface area contributed by atoms with Crippen LogP contribution in [0, 0.1) is 34.5 Å². The average Bonchev–Trinajstić information content (AvgIpc) is 3.33. The van der Waals surface area contributed by atoms with E-state index in [0.717, 1.165) is 43.4 Å². The molecular formula is C26H35N3O. The second-order valence-corrected chi connectivity index (χ2v) is 11.2. The van der Waals surface area contributed by atoms with E-state index in [4.69, 9.17) is 0 Å². The molecule has 0 spiro atoms. The number of allylic oxidation sites excluding steroid dienone is 3. The van der Waals surface area contributed by atoms with Gasteiger partial charge in [0.15, 0.2) is 0 Å². The fourth-order valence-electron chi connectivity index (χ4n) is 7.80. The van der Waals surface area contributed by atoms with Gasteiger partial charge in [0.25, 0.3) is 0 Å². The molecule has 4 heteroatoms. The van der Waals surface area contributed by atoms with Crippen LogP contribution in [0.2, 0.25) is 0 Å². The highest BCUT2D eigenvalue weighted by Crippen LogP contribution is 2.65. The number of hydrogen-bond acceptors (Lipinski definition) is 2. The van der Waals surface area contributed by atoms with Gasteiger partial charge in [0.1, 0.15) is 0 Å². The summed E-state index contributed by atoms with van der Waals surface area (Å²) in [6.45, 7) is 5.06. The van der Waals surface area contributed by atoms with E-state index in [0.29, 0.717) is 23.3 Å². The van der Waals surface area contributed by atoms with Gasteiger partial charge < -0.3 is 9.88 Å². The second kappa shape index (κ2) is 6.58. The van der Waals surface area contributed by atoms with Crippen molar-refractivity contribution in [1.29, 1.82) is 0 Å². The SMILES string of the molecule is C[C@]12CC[C@@H](NC(=O)C3CC3)CC1=CC[C@@H]1[C@@H]2CC[C@]2(C)C(n3ccnc3)=CC[C@@H]12. The third-order valence-electron chi connectivity index (χ3n) is 9.72. The highest BCUT2D eigenvalue weighted by Gasteiger charge is 2.57. The van der Waals surface area contributed by atoms with E-state index in [1.54, 1.807) is 5.57 Å². The zero-order valence-corrected chi connectivity index (χ0v) is 18.4. The number of aromatic nitrogens is 2. The van der Waals surface area contributed by atoms with Crippen LogP contribution in [0.15, 0.2) is 36.4 Å². The molecule has 0 aromatic carbocycles. The Hall–Kier alpha value is -1.84. The van der Waals surface area contributed by atoms with Crippen molar-refractivity contribution in [3.8, 4) is 0 Å². The quantitative estimate of drug-likeness (QED) is 0.703. The number of fused-ring (bicyclic) bond motifs is 5. The van der Waals surface area contributed by atoms with Gasteiger partial charge in [0.2, 0.25) is 5.91 Å². The molecule has 1 aromatic rings. The summed E-state index contributed by atoms with van der Waals surface area (Å²) in [6, 6.07) is 0.365. The van der Waals surface area contributed by atoms with Crippen LogP contribution in [0.1, 0.15) is 71.6 Å². The minimum absolute atomic E-state index is 0.277. The summed E-state index contributed by atoms with van der Waals surface area (Å²) in [4.78, 5) is 16.6. The molecule has 0 aliphatic heterocycles.